The summed E-state index contributed by atoms with van der Waals surface area (Å²) in [6.07, 6.45) is 0.808. The maximum Gasteiger partial charge on any atom is 0.261 e. The summed E-state index contributed by atoms with van der Waals surface area (Å²) in [6.45, 7) is 2.66. The molecule has 0 radical (unpaired) electrons. The van der Waals surface area contributed by atoms with Crippen molar-refractivity contribution in [2.75, 3.05) is 6.54 Å². The molecule has 0 saturated carbocycles. The molecule has 0 unspecified atom stereocenters. The Morgan fingerprint density at radius 3 is 2.42 bits per heavy atom. The minimum atomic E-state index is -0.260. The fourth-order valence-electron chi connectivity index (χ4n) is 2.39. The van der Waals surface area contributed by atoms with Crippen LogP contribution in [0, 0.1) is 12.7 Å². The topological polar surface area (TPSA) is 29.1 Å². The molecule has 0 saturated heterocycles. The number of halogens is 1. The van der Waals surface area contributed by atoms with Gasteiger partial charge in [-0.3, -0.25) is 4.79 Å². The number of amides is 1. The van der Waals surface area contributed by atoms with Gasteiger partial charge >= 0.3 is 0 Å². The predicted octanol–water partition coefficient (Wildman–Crippen LogP) is 4.84. The van der Waals surface area contributed by atoms with Gasteiger partial charge in [-0.1, -0.05) is 42.0 Å². The molecular weight excluding hydrogens is 321 g/mol. The second-order valence-corrected chi connectivity index (χ2v) is 6.75. The Morgan fingerprint density at radius 1 is 1.00 bits per heavy atom. The van der Waals surface area contributed by atoms with Crippen molar-refractivity contribution in [2.45, 2.75) is 13.3 Å². The number of hydrogen-bond donors (Lipinski definition) is 1. The van der Waals surface area contributed by atoms with Gasteiger partial charge in [-0.2, -0.15) is 0 Å². The fraction of sp³-hybridized carbons (Fsp3) is 0.150. The Labute approximate surface area is 145 Å². The van der Waals surface area contributed by atoms with Gasteiger partial charge in [-0.15, -0.1) is 11.3 Å². The third-order valence-corrected chi connectivity index (χ3v) is 4.91. The molecular formula is C20H18FNOS. The first kappa shape index (κ1) is 16.4. The lowest BCUT2D eigenvalue weighted by Gasteiger charge is -2.04. The van der Waals surface area contributed by atoms with E-state index >= 15 is 0 Å². The second kappa shape index (κ2) is 7.41. The highest BCUT2D eigenvalue weighted by molar-refractivity contribution is 7.17. The van der Waals surface area contributed by atoms with E-state index in [9.17, 15) is 9.18 Å². The molecule has 0 atom stereocenters. The molecule has 0 aliphatic heterocycles. The van der Waals surface area contributed by atoms with Crippen molar-refractivity contribution in [3.8, 4) is 10.4 Å². The quantitative estimate of drug-likeness (QED) is 0.708. The van der Waals surface area contributed by atoms with Gasteiger partial charge in [0, 0.05) is 11.4 Å². The molecule has 0 aliphatic carbocycles. The predicted molar refractivity (Wildman–Crippen MR) is 96.9 cm³/mol. The molecule has 3 rings (SSSR count). The number of carbonyl (C=O) groups excluding carboxylic acids is 1. The Hall–Kier alpha value is -2.46. The van der Waals surface area contributed by atoms with Crippen molar-refractivity contribution in [1.82, 2.24) is 5.32 Å². The first-order chi connectivity index (χ1) is 11.6. The monoisotopic (exact) mass is 339 g/mol. The first-order valence-electron chi connectivity index (χ1n) is 7.81. The molecule has 122 valence electrons. The smallest absolute Gasteiger partial charge is 0.261 e. The van der Waals surface area contributed by atoms with Crippen molar-refractivity contribution in [2.24, 2.45) is 0 Å². The number of rotatable bonds is 5. The molecule has 1 amide bonds. The van der Waals surface area contributed by atoms with Gasteiger partial charge in [-0.05, 0) is 48.7 Å². The van der Waals surface area contributed by atoms with Gasteiger partial charge in [0.25, 0.3) is 5.91 Å². The molecule has 2 aromatic carbocycles. The minimum Gasteiger partial charge on any atom is -0.351 e. The molecule has 1 N–H and O–H groups in total. The zero-order chi connectivity index (χ0) is 16.9. The molecule has 0 spiro atoms. The Kier molecular flexibility index (Phi) is 5.06. The second-order valence-electron chi connectivity index (χ2n) is 5.66. The van der Waals surface area contributed by atoms with E-state index in [1.165, 1.54) is 34.6 Å². The van der Waals surface area contributed by atoms with Crippen LogP contribution in [-0.2, 0) is 6.42 Å². The molecule has 3 aromatic rings. The van der Waals surface area contributed by atoms with Gasteiger partial charge in [0.1, 0.15) is 5.82 Å². The van der Waals surface area contributed by atoms with Crippen LogP contribution < -0.4 is 5.32 Å². The highest BCUT2D eigenvalue weighted by atomic mass is 32.1. The average Bonchev–Trinajstić information content (AvgIpc) is 3.07. The van der Waals surface area contributed by atoms with Gasteiger partial charge in [0.2, 0.25) is 0 Å². The minimum absolute atomic E-state index is 0.0690. The van der Waals surface area contributed by atoms with Crippen LogP contribution in [0.5, 0.6) is 0 Å². The van der Waals surface area contributed by atoms with Gasteiger partial charge in [0.15, 0.2) is 0 Å². The lowest BCUT2D eigenvalue weighted by molar-refractivity contribution is 0.0958. The van der Waals surface area contributed by atoms with E-state index < -0.39 is 0 Å². The number of nitrogens with one attached hydrogen (secondary N) is 1. The van der Waals surface area contributed by atoms with E-state index in [1.807, 2.05) is 12.1 Å². The normalized spacial score (nSPS) is 10.6. The highest BCUT2D eigenvalue weighted by Crippen LogP contribution is 2.28. The van der Waals surface area contributed by atoms with Crippen molar-refractivity contribution < 1.29 is 9.18 Å². The van der Waals surface area contributed by atoms with E-state index in [4.69, 9.17) is 0 Å². The zero-order valence-electron chi connectivity index (χ0n) is 13.4. The maximum atomic E-state index is 13.0. The molecule has 0 fully saturated rings. The van der Waals surface area contributed by atoms with Gasteiger partial charge < -0.3 is 5.32 Å². The van der Waals surface area contributed by atoms with E-state index in [1.54, 1.807) is 12.1 Å². The molecule has 1 heterocycles. The Morgan fingerprint density at radius 2 is 1.71 bits per heavy atom. The fourth-order valence-corrected chi connectivity index (χ4v) is 3.32. The van der Waals surface area contributed by atoms with Crippen LogP contribution in [0.15, 0.2) is 60.7 Å². The van der Waals surface area contributed by atoms with Crippen LogP contribution >= 0.6 is 11.3 Å². The van der Waals surface area contributed by atoms with Crippen LogP contribution in [0.25, 0.3) is 10.4 Å². The van der Waals surface area contributed by atoms with Crippen molar-refractivity contribution >= 4 is 17.2 Å². The Bertz CT molecular complexity index is 822. The van der Waals surface area contributed by atoms with Gasteiger partial charge in [-0.25, -0.2) is 4.39 Å². The number of hydrogen-bond acceptors (Lipinski definition) is 2. The van der Waals surface area contributed by atoms with Crippen LogP contribution in [0.4, 0.5) is 4.39 Å². The summed E-state index contributed by atoms with van der Waals surface area (Å²) in [6, 6.07) is 18.3. The highest BCUT2D eigenvalue weighted by Gasteiger charge is 2.10. The maximum absolute atomic E-state index is 13.0. The number of thiophene rings is 1. The number of carbonyl (C=O) groups is 1. The van der Waals surface area contributed by atoms with E-state index in [0.29, 0.717) is 11.4 Å². The third kappa shape index (κ3) is 4.09. The zero-order valence-corrected chi connectivity index (χ0v) is 14.2. The van der Waals surface area contributed by atoms with E-state index in [2.05, 4.69) is 36.5 Å². The van der Waals surface area contributed by atoms with Crippen LogP contribution in [0.2, 0.25) is 0 Å². The lowest BCUT2D eigenvalue weighted by atomic mass is 10.1. The molecule has 2 nitrogen and oxygen atoms in total. The number of benzene rings is 2. The van der Waals surface area contributed by atoms with Crippen LogP contribution in [-0.4, -0.2) is 12.5 Å². The average molecular weight is 339 g/mol. The standard InChI is InChI=1S/C20H18FNOS/c1-14-2-4-15(5-3-14)12-13-22-20(23)19-11-10-18(24-19)16-6-8-17(21)9-7-16/h2-11H,12-13H2,1H3,(H,22,23). The Balaban J connectivity index is 1.57. The largest absolute Gasteiger partial charge is 0.351 e. The summed E-state index contributed by atoms with van der Waals surface area (Å²) in [5.41, 5.74) is 3.36. The lowest BCUT2D eigenvalue weighted by Crippen LogP contribution is -2.24. The van der Waals surface area contributed by atoms with Crippen molar-refractivity contribution in [3.05, 3.63) is 82.5 Å². The van der Waals surface area contributed by atoms with Gasteiger partial charge in [0.05, 0.1) is 4.88 Å². The summed E-state index contributed by atoms with van der Waals surface area (Å²) in [7, 11) is 0. The van der Waals surface area contributed by atoms with Crippen molar-refractivity contribution in [1.29, 1.82) is 0 Å². The summed E-state index contributed by atoms with van der Waals surface area (Å²) in [5.74, 6) is -0.329. The summed E-state index contributed by atoms with van der Waals surface area (Å²) in [5, 5.41) is 2.95. The SMILES string of the molecule is Cc1ccc(CCNC(=O)c2ccc(-c3ccc(F)cc3)s2)cc1. The van der Waals surface area contributed by atoms with E-state index in [-0.39, 0.29) is 11.7 Å². The molecule has 1 aromatic heterocycles. The van der Waals surface area contributed by atoms with Crippen molar-refractivity contribution in [3.63, 3.8) is 0 Å². The summed E-state index contributed by atoms with van der Waals surface area (Å²) < 4.78 is 13.0. The summed E-state index contributed by atoms with van der Waals surface area (Å²) in [4.78, 5) is 13.8. The molecule has 0 bridgehead atoms. The molecule has 0 aliphatic rings. The molecule has 4 heteroatoms. The molecule has 24 heavy (non-hydrogen) atoms. The van der Waals surface area contributed by atoms with E-state index in [0.717, 1.165) is 16.9 Å². The van der Waals surface area contributed by atoms with Crippen LogP contribution in [0.1, 0.15) is 20.8 Å². The number of aryl methyl sites for hydroxylation is 1. The van der Waals surface area contributed by atoms with Crippen LogP contribution in [0.3, 0.4) is 0 Å². The third-order valence-electron chi connectivity index (χ3n) is 3.78. The first-order valence-corrected chi connectivity index (χ1v) is 8.63. The summed E-state index contributed by atoms with van der Waals surface area (Å²) >= 11 is 1.41.